The van der Waals surface area contributed by atoms with Crippen molar-refractivity contribution in [3.63, 3.8) is 0 Å². The van der Waals surface area contributed by atoms with E-state index in [0.29, 0.717) is 28.7 Å². The van der Waals surface area contributed by atoms with Gasteiger partial charge in [-0.3, -0.25) is 9.59 Å². The van der Waals surface area contributed by atoms with Crippen LogP contribution in [0.15, 0.2) is 84.9 Å². The Balaban J connectivity index is 1.29. The number of hydrogen-bond acceptors (Lipinski definition) is 3. The minimum Gasteiger partial charge on any atom is -0.349 e. The van der Waals surface area contributed by atoms with Crippen molar-refractivity contribution in [1.82, 2.24) is 5.32 Å². The average Bonchev–Trinajstić information content (AvgIpc) is 3.63. The summed E-state index contributed by atoms with van der Waals surface area (Å²) in [7, 11) is 0. The van der Waals surface area contributed by atoms with Crippen molar-refractivity contribution in [3.05, 3.63) is 96.1 Å². The zero-order chi connectivity index (χ0) is 23.0. The molecule has 7 nitrogen and oxygen atoms in total. The number of urea groups is 1. The maximum Gasteiger partial charge on any atom is 0.323 e. The van der Waals surface area contributed by atoms with E-state index < -0.39 is 0 Å². The van der Waals surface area contributed by atoms with Gasteiger partial charge in [0, 0.05) is 34.7 Å². The standard InChI is InChI=1S/C26H24N4O3/c31-24(16-11-18-9-12-19(13-10-18)25(32)28-21-14-15-21)27-22-7-4-8-23(17-22)30-26(33)29-20-5-2-1-3-6-20/h1-13,16-17,21H,14-15H2,(H,27,31)(H,28,32)(H2,29,30,33)/b16-11+. The van der Waals surface area contributed by atoms with Gasteiger partial charge in [0.25, 0.3) is 5.91 Å². The predicted molar refractivity (Wildman–Crippen MR) is 130 cm³/mol. The van der Waals surface area contributed by atoms with E-state index >= 15 is 0 Å². The van der Waals surface area contributed by atoms with Crippen molar-refractivity contribution in [2.24, 2.45) is 0 Å². The summed E-state index contributed by atoms with van der Waals surface area (Å²) in [6, 6.07) is 23.0. The minimum absolute atomic E-state index is 0.0725. The topological polar surface area (TPSA) is 99.3 Å². The van der Waals surface area contributed by atoms with Crippen LogP contribution in [-0.2, 0) is 4.79 Å². The molecule has 0 aliphatic heterocycles. The van der Waals surface area contributed by atoms with Gasteiger partial charge in [0.15, 0.2) is 0 Å². The largest absolute Gasteiger partial charge is 0.349 e. The molecule has 3 aromatic rings. The number of anilines is 3. The van der Waals surface area contributed by atoms with Crippen molar-refractivity contribution >= 4 is 41.0 Å². The number of carbonyl (C=O) groups excluding carboxylic acids is 3. The molecule has 0 unspecified atom stereocenters. The molecule has 1 aliphatic carbocycles. The first-order chi connectivity index (χ1) is 16.0. The number of nitrogens with one attached hydrogen (secondary N) is 4. The molecule has 0 radical (unpaired) electrons. The number of rotatable bonds is 7. The first-order valence-corrected chi connectivity index (χ1v) is 10.7. The summed E-state index contributed by atoms with van der Waals surface area (Å²) in [5, 5.41) is 11.2. The predicted octanol–water partition coefficient (Wildman–Crippen LogP) is 4.87. The van der Waals surface area contributed by atoms with Gasteiger partial charge in [0.2, 0.25) is 5.91 Å². The lowest BCUT2D eigenvalue weighted by molar-refractivity contribution is -0.111. The van der Waals surface area contributed by atoms with E-state index in [1.807, 2.05) is 18.2 Å². The summed E-state index contributed by atoms with van der Waals surface area (Å²) in [6.07, 6.45) is 5.18. The number of carbonyl (C=O) groups is 3. The molecule has 0 aromatic heterocycles. The van der Waals surface area contributed by atoms with E-state index in [9.17, 15) is 14.4 Å². The van der Waals surface area contributed by atoms with E-state index in [1.54, 1.807) is 66.7 Å². The monoisotopic (exact) mass is 440 g/mol. The van der Waals surface area contributed by atoms with Gasteiger partial charge in [-0.2, -0.15) is 0 Å². The zero-order valence-electron chi connectivity index (χ0n) is 17.9. The normalized spacial score (nSPS) is 12.7. The maximum absolute atomic E-state index is 12.3. The fourth-order valence-electron chi connectivity index (χ4n) is 3.09. The number of hydrogen-bond donors (Lipinski definition) is 4. The molecule has 1 saturated carbocycles. The van der Waals surface area contributed by atoms with Crippen LogP contribution >= 0.6 is 0 Å². The molecular weight excluding hydrogens is 416 g/mol. The van der Waals surface area contributed by atoms with Crippen LogP contribution < -0.4 is 21.3 Å². The van der Waals surface area contributed by atoms with E-state index in [1.165, 1.54) is 6.08 Å². The first-order valence-electron chi connectivity index (χ1n) is 10.7. The summed E-state index contributed by atoms with van der Waals surface area (Å²) in [5.74, 6) is -0.381. The lowest BCUT2D eigenvalue weighted by atomic mass is 10.1. The first kappa shape index (κ1) is 21.8. The van der Waals surface area contributed by atoms with Crippen LogP contribution in [0.1, 0.15) is 28.8 Å². The summed E-state index contributed by atoms with van der Waals surface area (Å²) in [5.41, 5.74) is 3.19. The van der Waals surface area contributed by atoms with Crippen molar-refractivity contribution in [2.45, 2.75) is 18.9 Å². The van der Waals surface area contributed by atoms with Gasteiger partial charge in [-0.05, 0) is 66.9 Å². The smallest absolute Gasteiger partial charge is 0.323 e. The summed E-state index contributed by atoms with van der Waals surface area (Å²) >= 11 is 0. The molecular formula is C26H24N4O3. The zero-order valence-corrected chi connectivity index (χ0v) is 17.9. The van der Waals surface area contributed by atoms with Crippen LogP contribution in [0, 0.1) is 0 Å². The lowest BCUT2D eigenvalue weighted by Gasteiger charge is -2.09. The molecule has 4 N–H and O–H groups in total. The van der Waals surface area contributed by atoms with Crippen molar-refractivity contribution in [2.75, 3.05) is 16.0 Å². The maximum atomic E-state index is 12.3. The third kappa shape index (κ3) is 6.80. The SMILES string of the molecule is O=C(/C=C/c1ccc(C(=O)NC2CC2)cc1)Nc1cccc(NC(=O)Nc2ccccc2)c1. The Hall–Kier alpha value is -4.39. The summed E-state index contributed by atoms with van der Waals surface area (Å²) in [4.78, 5) is 36.5. The second kappa shape index (κ2) is 10.3. The highest BCUT2D eigenvalue weighted by molar-refractivity contribution is 6.03. The Kier molecular flexibility index (Phi) is 6.80. The molecule has 1 fully saturated rings. The van der Waals surface area contributed by atoms with E-state index in [4.69, 9.17) is 0 Å². The van der Waals surface area contributed by atoms with Crippen molar-refractivity contribution < 1.29 is 14.4 Å². The second-order valence-corrected chi connectivity index (χ2v) is 7.72. The van der Waals surface area contributed by atoms with Crippen LogP contribution in [0.3, 0.4) is 0 Å². The third-order valence-electron chi connectivity index (χ3n) is 4.93. The Morgan fingerprint density at radius 2 is 1.36 bits per heavy atom. The molecule has 0 bridgehead atoms. The van der Waals surface area contributed by atoms with E-state index in [2.05, 4.69) is 21.3 Å². The lowest BCUT2D eigenvalue weighted by Crippen LogP contribution is -2.25. The molecule has 33 heavy (non-hydrogen) atoms. The van der Waals surface area contributed by atoms with Crippen LogP contribution in [0.4, 0.5) is 21.9 Å². The number of benzene rings is 3. The fraction of sp³-hybridized carbons (Fsp3) is 0.115. The quantitative estimate of drug-likeness (QED) is 0.394. The second-order valence-electron chi connectivity index (χ2n) is 7.72. The van der Waals surface area contributed by atoms with Crippen LogP contribution in [0.2, 0.25) is 0 Å². The van der Waals surface area contributed by atoms with Crippen molar-refractivity contribution in [3.8, 4) is 0 Å². The molecule has 0 spiro atoms. The molecule has 0 heterocycles. The van der Waals surface area contributed by atoms with E-state index in [0.717, 1.165) is 18.4 Å². The van der Waals surface area contributed by atoms with Crippen LogP contribution in [0.25, 0.3) is 6.08 Å². The fourth-order valence-corrected chi connectivity index (χ4v) is 3.09. The van der Waals surface area contributed by atoms with Gasteiger partial charge in [0.1, 0.15) is 0 Å². The Morgan fingerprint density at radius 3 is 2.06 bits per heavy atom. The molecule has 3 aromatic carbocycles. The van der Waals surface area contributed by atoms with Crippen LogP contribution in [-0.4, -0.2) is 23.9 Å². The average molecular weight is 441 g/mol. The molecule has 0 atom stereocenters. The molecule has 7 heteroatoms. The highest BCUT2D eigenvalue weighted by Crippen LogP contribution is 2.19. The van der Waals surface area contributed by atoms with Gasteiger partial charge >= 0.3 is 6.03 Å². The van der Waals surface area contributed by atoms with E-state index in [-0.39, 0.29) is 17.8 Å². The Bertz CT molecular complexity index is 1170. The highest BCUT2D eigenvalue weighted by atomic mass is 16.2. The molecule has 0 saturated heterocycles. The third-order valence-corrected chi connectivity index (χ3v) is 4.93. The van der Waals surface area contributed by atoms with Gasteiger partial charge in [-0.15, -0.1) is 0 Å². The van der Waals surface area contributed by atoms with Crippen LogP contribution in [0.5, 0.6) is 0 Å². The minimum atomic E-state index is -0.376. The molecule has 1 aliphatic rings. The Morgan fingerprint density at radius 1 is 0.727 bits per heavy atom. The highest BCUT2D eigenvalue weighted by Gasteiger charge is 2.23. The van der Waals surface area contributed by atoms with Gasteiger partial charge in [0.05, 0.1) is 0 Å². The van der Waals surface area contributed by atoms with Gasteiger partial charge < -0.3 is 21.3 Å². The molecule has 4 amide bonds. The van der Waals surface area contributed by atoms with Gasteiger partial charge in [-0.25, -0.2) is 4.79 Å². The van der Waals surface area contributed by atoms with Crippen molar-refractivity contribution in [1.29, 1.82) is 0 Å². The molecule has 4 rings (SSSR count). The van der Waals surface area contributed by atoms with Gasteiger partial charge in [-0.1, -0.05) is 36.4 Å². The Labute approximate surface area is 191 Å². The summed E-state index contributed by atoms with van der Waals surface area (Å²) in [6.45, 7) is 0. The summed E-state index contributed by atoms with van der Waals surface area (Å²) < 4.78 is 0. The molecule has 166 valence electrons. The number of para-hydroxylation sites is 1. The number of amides is 4.